The smallest absolute Gasteiger partial charge is 0.417 e. The van der Waals surface area contributed by atoms with Crippen LogP contribution in [0.2, 0.25) is 0 Å². The molecule has 2 aromatic rings. The quantitative estimate of drug-likeness (QED) is 0.508. The topological polar surface area (TPSA) is 92.3 Å². The second kappa shape index (κ2) is 6.57. The van der Waals surface area contributed by atoms with E-state index in [2.05, 4.69) is 14.7 Å². The van der Waals surface area contributed by atoms with E-state index in [1.165, 1.54) is 12.3 Å². The molecule has 2 N–H and O–H groups in total. The zero-order chi connectivity index (χ0) is 17.9. The first-order valence-corrected chi connectivity index (χ1v) is 6.49. The molecular weight excluding hydrogens is 329 g/mol. The first-order valence-electron chi connectivity index (χ1n) is 6.49. The predicted octanol–water partition coefficient (Wildman–Crippen LogP) is 2.39. The summed E-state index contributed by atoms with van der Waals surface area (Å²) in [7, 11) is 0.939. The first-order chi connectivity index (χ1) is 11.3. The van der Waals surface area contributed by atoms with Gasteiger partial charge in [-0.2, -0.15) is 13.2 Å². The Morgan fingerprint density at radius 1 is 1.29 bits per heavy atom. The Bertz CT molecular complexity index is 856. The lowest BCUT2D eigenvalue weighted by Crippen LogP contribution is -2.18. The average Bonchev–Trinajstić information content (AvgIpc) is 2.54. The summed E-state index contributed by atoms with van der Waals surface area (Å²) in [6, 6.07) is 4.12. The third-order valence-electron chi connectivity index (χ3n) is 3.06. The molecule has 0 unspecified atom stereocenters. The van der Waals surface area contributed by atoms with Gasteiger partial charge >= 0.3 is 12.1 Å². The molecule has 2 rings (SSSR count). The highest BCUT2D eigenvalue weighted by Crippen LogP contribution is 2.36. The Balaban J connectivity index is 2.82. The fourth-order valence-electron chi connectivity index (χ4n) is 2.02. The van der Waals surface area contributed by atoms with Crippen LogP contribution >= 0.6 is 0 Å². The third-order valence-corrected chi connectivity index (χ3v) is 3.06. The molecule has 1 aromatic heterocycles. The number of nitrogens with one attached hydrogen (secondary N) is 1. The summed E-state index contributed by atoms with van der Waals surface area (Å²) in [5.74, 6) is -2.25. The Morgan fingerprint density at radius 2 is 1.96 bits per heavy atom. The van der Waals surface area contributed by atoms with Gasteiger partial charge in [-0.05, 0) is 6.07 Å². The van der Waals surface area contributed by atoms with E-state index in [4.69, 9.17) is 0 Å². The van der Waals surface area contributed by atoms with Crippen molar-refractivity contribution < 1.29 is 27.8 Å². The van der Waals surface area contributed by atoms with Crippen molar-refractivity contribution in [3.63, 3.8) is 0 Å². The summed E-state index contributed by atoms with van der Waals surface area (Å²) in [5.41, 5.74) is -4.07. The minimum absolute atomic E-state index is 0.602. The Morgan fingerprint density at radius 3 is 2.54 bits per heavy atom. The van der Waals surface area contributed by atoms with Gasteiger partial charge in [0.25, 0.3) is 5.56 Å². The molecule has 1 heterocycles. The first kappa shape index (κ1) is 17.3. The van der Waals surface area contributed by atoms with E-state index in [0.717, 1.165) is 31.5 Å². The number of halogens is 3. The minimum Gasteiger partial charge on any atom is -0.505 e. The number of aromatic nitrogens is 2. The number of aromatic amines is 1. The van der Waals surface area contributed by atoms with E-state index in [1.807, 2.05) is 0 Å². The van der Waals surface area contributed by atoms with Crippen LogP contribution in [0.5, 0.6) is 0 Å². The molecule has 0 amide bonds. The number of carbonyl (C=O) groups is 1. The average molecular weight is 340 g/mol. The van der Waals surface area contributed by atoms with E-state index < -0.39 is 45.9 Å². The third kappa shape index (κ3) is 3.29. The van der Waals surface area contributed by atoms with E-state index >= 15 is 0 Å². The molecule has 9 heteroatoms. The molecule has 6 nitrogen and oxygen atoms in total. The van der Waals surface area contributed by atoms with Gasteiger partial charge in [0.1, 0.15) is 5.57 Å². The number of aliphatic hydroxyl groups is 1. The van der Waals surface area contributed by atoms with E-state index in [0.29, 0.717) is 0 Å². The second-order valence-corrected chi connectivity index (χ2v) is 4.53. The van der Waals surface area contributed by atoms with Crippen molar-refractivity contribution in [3.8, 4) is 0 Å². The Labute approximate surface area is 133 Å². The molecule has 0 radical (unpaired) electrons. The number of nitrogens with zero attached hydrogens (tertiary/aromatic N) is 1. The number of rotatable bonds is 3. The largest absolute Gasteiger partial charge is 0.505 e. The van der Waals surface area contributed by atoms with Gasteiger partial charge in [0.15, 0.2) is 11.5 Å². The van der Waals surface area contributed by atoms with Crippen LogP contribution in [0.25, 0.3) is 11.3 Å². The van der Waals surface area contributed by atoms with Crippen molar-refractivity contribution in [2.75, 3.05) is 7.11 Å². The molecule has 0 saturated carbocycles. The van der Waals surface area contributed by atoms with Crippen molar-refractivity contribution in [1.29, 1.82) is 0 Å². The van der Waals surface area contributed by atoms with Gasteiger partial charge in [0.2, 0.25) is 0 Å². The summed E-state index contributed by atoms with van der Waals surface area (Å²) in [5, 5.41) is 10.2. The van der Waals surface area contributed by atoms with Crippen LogP contribution in [0.1, 0.15) is 16.8 Å². The van der Waals surface area contributed by atoms with Crippen molar-refractivity contribution in [2.45, 2.75) is 6.18 Å². The maximum Gasteiger partial charge on any atom is 0.417 e. The van der Waals surface area contributed by atoms with Crippen LogP contribution in [0.15, 0.2) is 41.5 Å². The molecule has 0 saturated heterocycles. The summed E-state index contributed by atoms with van der Waals surface area (Å²) in [4.78, 5) is 29.5. The van der Waals surface area contributed by atoms with Gasteiger partial charge in [-0.1, -0.05) is 18.2 Å². The van der Waals surface area contributed by atoms with E-state index in [-0.39, 0.29) is 0 Å². The zero-order valence-electron chi connectivity index (χ0n) is 12.2. The van der Waals surface area contributed by atoms with Gasteiger partial charge in [0.05, 0.1) is 12.7 Å². The molecular formula is C15H11F3N2O4. The minimum atomic E-state index is -4.79. The van der Waals surface area contributed by atoms with Gasteiger partial charge in [0, 0.05) is 18.0 Å². The molecule has 1 aromatic carbocycles. The number of esters is 1. The van der Waals surface area contributed by atoms with Crippen LogP contribution in [0, 0.1) is 0 Å². The lowest BCUT2D eigenvalue weighted by atomic mass is 9.97. The molecule has 0 aliphatic carbocycles. The number of carbonyl (C=O) groups excluding carboxylic acids is 1. The number of hydrogen-bond acceptors (Lipinski definition) is 5. The molecule has 0 spiro atoms. The lowest BCUT2D eigenvalue weighted by molar-refractivity contribution is -0.138. The fourth-order valence-corrected chi connectivity index (χ4v) is 2.02. The second-order valence-electron chi connectivity index (χ2n) is 4.53. The maximum atomic E-state index is 13.2. The molecule has 0 aliphatic rings. The highest BCUT2D eigenvalue weighted by atomic mass is 19.4. The molecule has 0 atom stereocenters. The number of alkyl halides is 3. The van der Waals surface area contributed by atoms with Gasteiger partial charge in [-0.15, -0.1) is 0 Å². The Kier molecular flexibility index (Phi) is 4.72. The molecule has 0 fully saturated rings. The number of benzene rings is 1. The number of ether oxygens (including phenoxy) is 1. The van der Waals surface area contributed by atoms with Crippen LogP contribution in [-0.4, -0.2) is 28.2 Å². The van der Waals surface area contributed by atoms with E-state index in [9.17, 15) is 27.9 Å². The highest BCUT2D eigenvalue weighted by Gasteiger charge is 2.36. The number of H-pyrrole nitrogens is 1. The van der Waals surface area contributed by atoms with Crippen molar-refractivity contribution in [3.05, 3.63) is 63.8 Å². The van der Waals surface area contributed by atoms with Gasteiger partial charge < -0.3 is 14.8 Å². The summed E-state index contributed by atoms with van der Waals surface area (Å²) < 4.78 is 44.0. The normalized spacial score (nSPS) is 12.5. The summed E-state index contributed by atoms with van der Waals surface area (Å²) >= 11 is 0. The molecule has 0 aliphatic heterocycles. The molecule has 24 heavy (non-hydrogen) atoms. The Hall–Kier alpha value is -3.10. The van der Waals surface area contributed by atoms with Gasteiger partial charge in [-0.3, -0.25) is 4.79 Å². The van der Waals surface area contributed by atoms with Crippen molar-refractivity contribution >= 4 is 17.3 Å². The SMILES string of the molecule is COC(=O)C(=C(O)c1ncc[nH]c1=O)c1ccccc1C(F)(F)F. The van der Waals surface area contributed by atoms with Crippen LogP contribution < -0.4 is 5.56 Å². The van der Waals surface area contributed by atoms with Crippen LogP contribution in [0.4, 0.5) is 13.2 Å². The maximum absolute atomic E-state index is 13.2. The van der Waals surface area contributed by atoms with Crippen molar-refractivity contribution in [2.24, 2.45) is 0 Å². The van der Waals surface area contributed by atoms with Crippen LogP contribution in [-0.2, 0) is 15.7 Å². The fraction of sp³-hybridized carbons (Fsp3) is 0.133. The van der Waals surface area contributed by atoms with E-state index in [1.54, 1.807) is 0 Å². The summed E-state index contributed by atoms with van der Waals surface area (Å²) in [6.07, 6.45) is -2.51. The number of methoxy groups -OCH3 is 1. The predicted molar refractivity (Wildman–Crippen MR) is 77.8 cm³/mol. The molecule has 0 bridgehead atoms. The van der Waals surface area contributed by atoms with Crippen molar-refractivity contribution in [1.82, 2.24) is 9.97 Å². The monoisotopic (exact) mass is 340 g/mol. The lowest BCUT2D eigenvalue weighted by Gasteiger charge is -2.15. The van der Waals surface area contributed by atoms with Gasteiger partial charge in [-0.25, -0.2) is 9.78 Å². The standard InChI is InChI=1S/C15H11F3N2O4/c1-24-14(23)10(12(21)11-13(22)20-7-6-19-11)8-4-2-3-5-9(8)15(16,17)18/h2-7,21H,1H3,(H,20,22). The highest BCUT2D eigenvalue weighted by molar-refractivity contribution is 6.23. The number of hydrogen-bond donors (Lipinski definition) is 2. The molecule has 126 valence electrons. The summed E-state index contributed by atoms with van der Waals surface area (Å²) in [6.45, 7) is 0. The number of aliphatic hydroxyl groups excluding tert-OH is 1. The zero-order valence-corrected chi connectivity index (χ0v) is 12.2. The van der Waals surface area contributed by atoms with Crippen LogP contribution in [0.3, 0.4) is 0 Å².